The van der Waals surface area contributed by atoms with E-state index in [4.69, 9.17) is 11.6 Å². The van der Waals surface area contributed by atoms with Gasteiger partial charge in [-0.2, -0.15) is 0 Å². The van der Waals surface area contributed by atoms with Crippen LogP contribution in [0.5, 0.6) is 0 Å². The molecule has 1 saturated heterocycles. The molecule has 5 nitrogen and oxygen atoms in total. The molecule has 1 aromatic carbocycles. The van der Waals surface area contributed by atoms with Gasteiger partial charge in [0.2, 0.25) is 5.91 Å². The second-order valence-electron chi connectivity index (χ2n) is 6.33. The highest BCUT2D eigenvalue weighted by Gasteiger charge is 2.25. The number of nitrogens with zero attached hydrogens (tertiary/aromatic N) is 2. The number of carbonyl (C=O) groups is 1. The molecule has 128 valence electrons. The van der Waals surface area contributed by atoms with Crippen molar-refractivity contribution in [3.8, 4) is 0 Å². The minimum absolute atomic E-state index is 0.0288. The monoisotopic (exact) mass is 339 g/mol. The van der Waals surface area contributed by atoms with Crippen LogP contribution in [-0.4, -0.2) is 65.7 Å². The third kappa shape index (κ3) is 6.11. The molecular formula is C17H26ClN3O2. The number of nitrogens with one attached hydrogen (secondary N) is 1. The molecule has 0 spiro atoms. The molecule has 0 unspecified atom stereocenters. The fourth-order valence-electron chi connectivity index (χ4n) is 2.93. The zero-order valence-corrected chi connectivity index (χ0v) is 14.6. The fourth-order valence-corrected chi connectivity index (χ4v) is 3.14. The molecular weight excluding hydrogens is 314 g/mol. The number of hydrogen-bond donors (Lipinski definition) is 2. The predicted molar refractivity (Wildman–Crippen MR) is 92.5 cm³/mol. The lowest BCUT2D eigenvalue weighted by molar-refractivity contribution is -0.123. The van der Waals surface area contributed by atoms with Gasteiger partial charge in [-0.25, -0.2) is 0 Å². The molecule has 2 atom stereocenters. The quantitative estimate of drug-likeness (QED) is 0.821. The van der Waals surface area contributed by atoms with Crippen LogP contribution in [-0.2, 0) is 11.3 Å². The molecule has 1 fully saturated rings. The lowest BCUT2D eigenvalue weighted by Gasteiger charge is -2.40. The van der Waals surface area contributed by atoms with Crippen LogP contribution in [0.2, 0.25) is 5.02 Å². The summed E-state index contributed by atoms with van der Waals surface area (Å²) in [5, 5.41) is 13.1. The number of β-amino-alcohol motifs (C(OH)–C–C–N with tert-alkyl or cyclic N) is 1. The van der Waals surface area contributed by atoms with E-state index < -0.39 is 0 Å². The topological polar surface area (TPSA) is 55.8 Å². The summed E-state index contributed by atoms with van der Waals surface area (Å²) in [7, 11) is 0. The van der Waals surface area contributed by atoms with Gasteiger partial charge in [-0.3, -0.25) is 14.6 Å². The van der Waals surface area contributed by atoms with E-state index in [9.17, 15) is 9.90 Å². The van der Waals surface area contributed by atoms with Gasteiger partial charge in [0.15, 0.2) is 0 Å². The number of amides is 1. The maximum atomic E-state index is 12.1. The van der Waals surface area contributed by atoms with Gasteiger partial charge in [-0.15, -0.1) is 0 Å². The molecule has 1 aliphatic heterocycles. The summed E-state index contributed by atoms with van der Waals surface area (Å²) in [6.07, 6.45) is -0.315. The van der Waals surface area contributed by atoms with Gasteiger partial charge in [-0.05, 0) is 31.5 Å². The third-order valence-corrected chi connectivity index (χ3v) is 4.33. The van der Waals surface area contributed by atoms with Crippen molar-refractivity contribution in [3.05, 3.63) is 34.9 Å². The van der Waals surface area contributed by atoms with Crippen molar-refractivity contribution < 1.29 is 9.90 Å². The Balaban J connectivity index is 1.74. The normalized spacial score (nSPS) is 21.1. The van der Waals surface area contributed by atoms with E-state index in [1.54, 1.807) is 0 Å². The first-order valence-corrected chi connectivity index (χ1v) is 8.47. The number of carbonyl (C=O) groups excluding carboxylic acids is 1. The number of aliphatic hydroxyl groups is 1. The van der Waals surface area contributed by atoms with Gasteiger partial charge in [0, 0.05) is 43.8 Å². The summed E-state index contributed by atoms with van der Waals surface area (Å²) in [4.78, 5) is 16.5. The fraction of sp³-hybridized carbons (Fsp3) is 0.588. The van der Waals surface area contributed by atoms with E-state index in [1.165, 1.54) is 0 Å². The van der Waals surface area contributed by atoms with Crippen LogP contribution in [0.25, 0.3) is 0 Å². The molecule has 1 aromatic rings. The first kappa shape index (κ1) is 18.2. The van der Waals surface area contributed by atoms with Gasteiger partial charge >= 0.3 is 0 Å². The van der Waals surface area contributed by atoms with Crippen LogP contribution in [0, 0.1) is 0 Å². The van der Waals surface area contributed by atoms with Crippen molar-refractivity contribution in [3.63, 3.8) is 0 Å². The maximum Gasteiger partial charge on any atom is 0.234 e. The van der Waals surface area contributed by atoms with E-state index in [0.717, 1.165) is 25.2 Å². The molecule has 1 amide bonds. The van der Waals surface area contributed by atoms with E-state index in [2.05, 4.69) is 22.0 Å². The average molecular weight is 340 g/mol. The summed E-state index contributed by atoms with van der Waals surface area (Å²) in [5.74, 6) is 0.0288. The van der Waals surface area contributed by atoms with Crippen LogP contribution >= 0.6 is 11.6 Å². The van der Waals surface area contributed by atoms with Crippen LogP contribution < -0.4 is 5.32 Å². The standard InChI is InChI=1S/C17H26ClN3O2/c1-13-10-20(6-7-21(13)11-14(2)22)12-17(23)19-9-15-4-3-5-16(18)8-15/h3-5,8,13-14,22H,6-7,9-12H2,1-2H3,(H,19,23)/t13-,14-/m1/s1. The Labute approximate surface area is 143 Å². The number of halogens is 1. The largest absolute Gasteiger partial charge is 0.392 e. The van der Waals surface area contributed by atoms with E-state index in [-0.39, 0.29) is 12.0 Å². The Kier molecular flexibility index (Phi) is 6.84. The molecule has 0 radical (unpaired) electrons. The SMILES string of the molecule is C[C@@H]1CN(CC(=O)NCc2cccc(Cl)c2)CCN1C[C@@H](C)O. The van der Waals surface area contributed by atoms with Gasteiger partial charge in [-0.1, -0.05) is 23.7 Å². The van der Waals surface area contributed by atoms with Crippen LogP contribution in [0.3, 0.4) is 0 Å². The predicted octanol–water partition coefficient (Wildman–Crippen LogP) is 1.34. The molecule has 0 saturated carbocycles. The summed E-state index contributed by atoms with van der Waals surface area (Å²) in [6.45, 7) is 8.12. The van der Waals surface area contributed by atoms with Gasteiger partial charge in [0.25, 0.3) is 0 Å². The summed E-state index contributed by atoms with van der Waals surface area (Å²) < 4.78 is 0. The van der Waals surface area contributed by atoms with Crippen molar-refractivity contribution in [2.45, 2.75) is 32.5 Å². The second kappa shape index (κ2) is 8.64. The highest BCUT2D eigenvalue weighted by atomic mass is 35.5. The van der Waals surface area contributed by atoms with Gasteiger partial charge < -0.3 is 10.4 Å². The molecule has 0 aromatic heterocycles. The minimum atomic E-state index is -0.315. The molecule has 6 heteroatoms. The molecule has 23 heavy (non-hydrogen) atoms. The van der Waals surface area contributed by atoms with Crippen molar-refractivity contribution in [2.75, 3.05) is 32.7 Å². The smallest absolute Gasteiger partial charge is 0.234 e. The number of aliphatic hydroxyl groups excluding tert-OH is 1. The first-order valence-electron chi connectivity index (χ1n) is 8.09. The number of piperazine rings is 1. The third-order valence-electron chi connectivity index (χ3n) is 4.09. The average Bonchev–Trinajstić information content (AvgIpc) is 2.48. The van der Waals surface area contributed by atoms with E-state index >= 15 is 0 Å². The number of rotatable bonds is 6. The van der Waals surface area contributed by atoms with Gasteiger partial charge in [0.05, 0.1) is 12.6 Å². The lowest BCUT2D eigenvalue weighted by Crippen LogP contribution is -2.55. The highest BCUT2D eigenvalue weighted by Crippen LogP contribution is 2.11. The minimum Gasteiger partial charge on any atom is -0.392 e. The van der Waals surface area contributed by atoms with Crippen molar-refractivity contribution in [2.24, 2.45) is 0 Å². The first-order chi connectivity index (χ1) is 10.9. The second-order valence-corrected chi connectivity index (χ2v) is 6.77. The molecule has 1 heterocycles. The Morgan fingerprint density at radius 3 is 2.91 bits per heavy atom. The zero-order valence-electron chi connectivity index (χ0n) is 13.8. The van der Waals surface area contributed by atoms with Crippen molar-refractivity contribution in [1.29, 1.82) is 0 Å². The highest BCUT2D eigenvalue weighted by molar-refractivity contribution is 6.30. The number of benzene rings is 1. The van der Waals surface area contributed by atoms with Gasteiger partial charge in [0.1, 0.15) is 0 Å². The van der Waals surface area contributed by atoms with Crippen LogP contribution in [0.1, 0.15) is 19.4 Å². The van der Waals surface area contributed by atoms with E-state index in [1.807, 2.05) is 31.2 Å². The zero-order chi connectivity index (χ0) is 16.8. The lowest BCUT2D eigenvalue weighted by atomic mass is 10.1. The van der Waals surface area contributed by atoms with Crippen LogP contribution in [0.4, 0.5) is 0 Å². The van der Waals surface area contributed by atoms with Crippen molar-refractivity contribution in [1.82, 2.24) is 15.1 Å². The summed E-state index contributed by atoms with van der Waals surface area (Å²) in [6, 6.07) is 7.86. The van der Waals surface area contributed by atoms with Crippen LogP contribution in [0.15, 0.2) is 24.3 Å². The molecule has 0 aliphatic carbocycles. The maximum absolute atomic E-state index is 12.1. The molecule has 2 N–H and O–H groups in total. The molecule has 2 rings (SSSR count). The molecule has 1 aliphatic rings. The summed E-state index contributed by atoms with van der Waals surface area (Å²) >= 11 is 5.94. The number of hydrogen-bond acceptors (Lipinski definition) is 4. The Hall–Kier alpha value is -1.14. The summed E-state index contributed by atoms with van der Waals surface area (Å²) in [5.41, 5.74) is 1.00. The Morgan fingerprint density at radius 1 is 1.48 bits per heavy atom. The van der Waals surface area contributed by atoms with Crippen molar-refractivity contribution >= 4 is 17.5 Å². The van der Waals surface area contributed by atoms with E-state index in [0.29, 0.717) is 30.7 Å². The Bertz CT molecular complexity index is 524. The molecule has 0 bridgehead atoms. The Morgan fingerprint density at radius 2 is 2.26 bits per heavy atom.